The molecule has 0 radical (unpaired) electrons. The molecule has 0 spiro atoms. The van der Waals surface area contributed by atoms with Gasteiger partial charge in [0.2, 0.25) is 0 Å². The molecule has 1 rings (SSSR count). The van der Waals surface area contributed by atoms with Crippen LogP contribution in [-0.4, -0.2) is 7.11 Å². The lowest BCUT2D eigenvalue weighted by Crippen LogP contribution is -2.10. The third-order valence-electron chi connectivity index (χ3n) is 1.12. The van der Waals surface area contributed by atoms with Gasteiger partial charge in [0.25, 0.3) is 0 Å². The van der Waals surface area contributed by atoms with Gasteiger partial charge >= 0.3 is 0 Å². The summed E-state index contributed by atoms with van der Waals surface area (Å²) >= 11 is 5.56. The van der Waals surface area contributed by atoms with Crippen LogP contribution in [0.2, 0.25) is 5.02 Å². The maximum Gasteiger partial charge on any atom is 0.164 e. The fourth-order valence-electron chi connectivity index (χ4n) is 0.594. The number of halogens is 1. The van der Waals surface area contributed by atoms with Gasteiger partial charge in [-0.3, -0.25) is 5.73 Å². The zero-order chi connectivity index (χ0) is 7.56. The summed E-state index contributed by atoms with van der Waals surface area (Å²) in [6.45, 7) is 0. The molecule has 0 saturated carbocycles. The van der Waals surface area contributed by atoms with E-state index in [2.05, 4.69) is 0 Å². The van der Waals surface area contributed by atoms with Crippen LogP contribution in [0, 0.1) is 0 Å². The maximum atomic E-state index is 5.56. The Balaban J connectivity index is 2.74. The molecule has 0 saturated heterocycles. The number of methoxy groups -OCH3 is 1. The Labute approximate surface area is 63.7 Å². The predicted octanol–water partition coefficient (Wildman–Crippen LogP) is 1.54. The molecule has 0 aliphatic carbocycles. The number of nitrogens with two attached hydrogens (primary N) is 1. The molecule has 1 aromatic heterocycles. The van der Waals surface area contributed by atoms with Gasteiger partial charge in [0.1, 0.15) is 12.0 Å². The summed E-state index contributed by atoms with van der Waals surface area (Å²) in [7, 11) is 1.50. The van der Waals surface area contributed by atoms with Crippen molar-refractivity contribution >= 4 is 11.6 Å². The Kier molecular flexibility index (Phi) is 2.32. The Morgan fingerprint density at radius 3 is 2.90 bits per heavy atom. The van der Waals surface area contributed by atoms with E-state index in [4.69, 9.17) is 26.5 Å². The monoisotopic (exact) mass is 161 g/mol. The number of rotatable bonds is 2. The van der Waals surface area contributed by atoms with Crippen LogP contribution in [0.5, 0.6) is 0 Å². The van der Waals surface area contributed by atoms with Crippen molar-refractivity contribution in [3.8, 4) is 0 Å². The fourth-order valence-corrected chi connectivity index (χ4v) is 0.746. The van der Waals surface area contributed by atoms with E-state index >= 15 is 0 Å². The summed E-state index contributed by atoms with van der Waals surface area (Å²) in [4.78, 5) is 0. The molecule has 1 aromatic rings. The minimum Gasteiger partial charge on any atom is -0.463 e. The van der Waals surface area contributed by atoms with E-state index in [0.717, 1.165) is 0 Å². The van der Waals surface area contributed by atoms with E-state index in [0.29, 0.717) is 10.8 Å². The first-order chi connectivity index (χ1) is 4.74. The number of hydrogen-bond acceptors (Lipinski definition) is 3. The predicted molar refractivity (Wildman–Crippen MR) is 37.7 cm³/mol. The third kappa shape index (κ3) is 1.50. The highest BCUT2D eigenvalue weighted by Crippen LogP contribution is 2.18. The van der Waals surface area contributed by atoms with Crippen molar-refractivity contribution in [2.75, 3.05) is 7.11 Å². The highest BCUT2D eigenvalue weighted by molar-refractivity contribution is 6.30. The normalized spacial score (nSPS) is 13.5. The molecule has 0 aliphatic rings. The van der Waals surface area contributed by atoms with Crippen LogP contribution in [0.25, 0.3) is 0 Å². The maximum absolute atomic E-state index is 5.56. The largest absolute Gasteiger partial charge is 0.463 e. The molecule has 10 heavy (non-hydrogen) atoms. The van der Waals surface area contributed by atoms with Crippen LogP contribution in [0.1, 0.15) is 12.0 Å². The molecule has 0 aliphatic heterocycles. The van der Waals surface area contributed by atoms with Crippen molar-refractivity contribution < 1.29 is 9.15 Å². The van der Waals surface area contributed by atoms with Crippen LogP contribution in [0.15, 0.2) is 16.7 Å². The molecule has 0 amide bonds. The van der Waals surface area contributed by atoms with Gasteiger partial charge in [0.05, 0.1) is 5.02 Å². The van der Waals surface area contributed by atoms with Crippen molar-refractivity contribution in [2.24, 2.45) is 5.73 Å². The van der Waals surface area contributed by atoms with Crippen molar-refractivity contribution in [1.82, 2.24) is 0 Å². The lowest BCUT2D eigenvalue weighted by Gasteiger charge is -2.03. The molecule has 0 unspecified atom stereocenters. The highest BCUT2D eigenvalue weighted by Gasteiger charge is 2.07. The number of hydrogen-bond donors (Lipinski definition) is 1. The number of furan rings is 1. The quantitative estimate of drug-likeness (QED) is 0.670. The second kappa shape index (κ2) is 3.05. The van der Waals surface area contributed by atoms with Gasteiger partial charge in [-0.2, -0.15) is 0 Å². The average molecular weight is 162 g/mol. The van der Waals surface area contributed by atoms with Gasteiger partial charge in [-0.15, -0.1) is 0 Å². The SMILES string of the molecule is CO[C@@H](N)c1cc(Cl)co1. The molecule has 1 atom stereocenters. The summed E-state index contributed by atoms with van der Waals surface area (Å²) < 4.78 is 9.71. The molecule has 0 fully saturated rings. The molecule has 0 bridgehead atoms. The van der Waals surface area contributed by atoms with Gasteiger partial charge in [0, 0.05) is 13.2 Å². The first-order valence-electron chi connectivity index (χ1n) is 2.76. The summed E-state index contributed by atoms with van der Waals surface area (Å²) in [5.74, 6) is 0.535. The number of ether oxygens (including phenoxy) is 1. The second-order valence-electron chi connectivity index (χ2n) is 1.82. The van der Waals surface area contributed by atoms with E-state index in [1.165, 1.54) is 13.4 Å². The molecular formula is C6H8ClNO2. The molecule has 1 heterocycles. The van der Waals surface area contributed by atoms with Crippen LogP contribution >= 0.6 is 11.6 Å². The zero-order valence-electron chi connectivity index (χ0n) is 5.50. The van der Waals surface area contributed by atoms with Crippen LogP contribution in [-0.2, 0) is 4.74 Å². The van der Waals surface area contributed by atoms with Gasteiger partial charge in [-0.1, -0.05) is 11.6 Å². The zero-order valence-corrected chi connectivity index (χ0v) is 6.26. The second-order valence-corrected chi connectivity index (χ2v) is 2.26. The summed E-state index contributed by atoms with van der Waals surface area (Å²) in [5.41, 5.74) is 5.43. The average Bonchev–Trinajstić information content (AvgIpc) is 2.34. The molecule has 3 nitrogen and oxygen atoms in total. The van der Waals surface area contributed by atoms with Gasteiger partial charge in [-0.25, -0.2) is 0 Å². The molecule has 4 heteroatoms. The van der Waals surface area contributed by atoms with E-state index in [9.17, 15) is 0 Å². The first kappa shape index (κ1) is 7.60. The van der Waals surface area contributed by atoms with E-state index in [1.807, 2.05) is 0 Å². The standard InChI is InChI=1S/C6H8ClNO2/c1-9-6(8)5-2-4(7)3-10-5/h2-3,6H,8H2,1H3/t6-/m1/s1. The van der Waals surface area contributed by atoms with E-state index < -0.39 is 6.23 Å². The van der Waals surface area contributed by atoms with Crippen LogP contribution < -0.4 is 5.73 Å². The molecule has 2 N–H and O–H groups in total. The minimum atomic E-state index is -0.521. The Bertz CT molecular complexity index is 211. The van der Waals surface area contributed by atoms with Crippen LogP contribution in [0.3, 0.4) is 0 Å². The summed E-state index contributed by atoms with van der Waals surface area (Å²) in [6.07, 6.45) is 0.892. The van der Waals surface area contributed by atoms with Gasteiger partial charge < -0.3 is 9.15 Å². The lowest BCUT2D eigenvalue weighted by molar-refractivity contribution is 0.0895. The first-order valence-corrected chi connectivity index (χ1v) is 3.14. The van der Waals surface area contributed by atoms with Crippen molar-refractivity contribution in [1.29, 1.82) is 0 Å². The topological polar surface area (TPSA) is 48.4 Å². The summed E-state index contributed by atoms with van der Waals surface area (Å²) in [6, 6.07) is 1.62. The Hall–Kier alpha value is -0.510. The van der Waals surface area contributed by atoms with Crippen molar-refractivity contribution in [2.45, 2.75) is 6.23 Å². The molecular weight excluding hydrogens is 154 g/mol. The minimum absolute atomic E-state index is 0.521. The van der Waals surface area contributed by atoms with Crippen LogP contribution in [0.4, 0.5) is 0 Å². The van der Waals surface area contributed by atoms with Crippen molar-refractivity contribution in [3.05, 3.63) is 23.1 Å². The summed E-state index contributed by atoms with van der Waals surface area (Å²) in [5, 5.41) is 0.530. The van der Waals surface area contributed by atoms with Gasteiger partial charge in [-0.05, 0) is 0 Å². The molecule has 56 valence electrons. The Morgan fingerprint density at radius 1 is 1.80 bits per heavy atom. The van der Waals surface area contributed by atoms with Gasteiger partial charge in [0.15, 0.2) is 6.23 Å². The third-order valence-corrected chi connectivity index (χ3v) is 1.32. The Morgan fingerprint density at radius 2 is 2.50 bits per heavy atom. The fraction of sp³-hybridized carbons (Fsp3) is 0.333. The lowest BCUT2D eigenvalue weighted by atomic mass is 10.4. The van der Waals surface area contributed by atoms with Crippen molar-refractivity contribution in [3.63, 3.8) is 0 Å². The highest BCUT2D eigenvalue weighted by atomic mass is 35.5. The molecule has 0 aromatic carbocycles. The van der Waals surface area contributed by atoms with E-state index in [1.54, 1.807) is 6.07 Å². The van der Waals surface area contributed by atoms with E-state index in [-0.39, 0.29) is 0 Å². The smallest absolute Gasteiger partial charge is 0.164 e.